The van der Waals surface area contributed by atoms with Gasteiger partial charge in [0.2, 0.25) is 0 Å². The summed E-state index contributed by atoms with van der Waals surface area (Å²) in [6.45, 7) is 34.8. The first-order valence-corrected chi connectivity index (χ1v) is 38.8. The Hall–Kier alpha value is -7.89. The van der Waals surface area contributed by atoms with E-state index in [4.69, 9.17) is 56.2 Å². The molecule has 4 saturated heterocycles. The van der Waals surface area contributed by atoms with Gasteiger partial charge in [0.15, 0.2) is 33.9 Å². The van der Waals surface area contributed by atoms with Crippen LogP contribution in [0.2, 0.25) is 36.3 Å². The minimum atomic E-state index is -2.21. The molecule has 4 aromatic carbocycles. The molecule has 8 atom stereocenters. The lowest BCUT2D eigenvalue weighted by molar-refractivity contribution is -0.132. The number of ether oxygens (including phenoxy) is 10. The monoisotopic (exact) mass is 1390 g/mol. The van der Waals surface area contributed by atoms with Crippen molar-refractivity contribution in [3.05, 3.63) is 106 Å². The number of hydrogen-bond donors (Lipinski definition) is 0. The highest BCUT2D eigenvalue weighted by Gasteiger charge is 2.74. The summed E-state index contributed by atoms with van der Waals surface area (Å²) in [6.07, 6.45) is 0.677. The number of esters is 4. The third-order valence-electron chi connectivity index (χ3n) is 19.8. The highest BCUT2D eigenvalue weighted by molar-refractivity contribution is 6.74. The molecular weight excluding hydrogens is 1300 g/mol. The molecule has 0 saturated carbocycles. The fourth-order valence-corrected chi connectivity index (χ4v) is 14.7. The molecule has 2 amide bonds. The average molecular weight is 1390 g/mol. The summed E-state index contributed by atoms with van der Waals surface area (Å²) in [5, 5.41) is -0.143. The van der Waals surface area contributed by atoms with Crippen molar-refractivity contribution in [1.29, 1.82) is 0 Å². The number of piperazine rings is 2. The number of aldehydes is 2. The van der Waals surface area contributed by atoms with Gasteiger partial charge < -0.3 is 75.6 Å². The Bertz CT molecular complexity index is 3650. The van der Waals surface area contributed by atoms with Crippen LogP contribution >= 0.6 is 0 Å². The Morgan fingerprint density at radius 3 is 1.37 bits per heavy atom. The molecule has 532 valence electrons. The van der Waals surface area contributed by atoms with E-state index in [1.165, 1.54) is 34.1 Å². The van der Waals surface area contributed by atoms with Crippen LogP contribution in [-0.2, 0) is 80.5 Å². The number of hydrogen-bond acceptors (Lipinski definition) is 22. The van der Waals surface area contributed by atoms with Crippen molar-refractivity contribution in [2.75, 3.05) is 63.9 Å². The highest BCUT2D eigenvalue weighted by Crippen LogP contribution is 2.64. The van der Waals surface area contributed by atoms with Crippen LogP contribution in [-0.4, -0.2) is 177 Å². The first-order valence-electron chi connectivity index (χ1n) is 33.0. The Labute approximate surface area is 576 Å². The molecule has 6 aliphatic rings. The van der Waals surface area contributed by atoms with E-state index in [-0.39, 0.29) is 103 Å². The molecule has 4 fully saturated rings. The Morgan fingerprint density at radius 1 is 0.541 bits per heavy atom. The zero-order valence-electron chi connectivity index (χ0n) is 60.2. The van der Waals surface area contributed by atoms with E-state index in [1.54, 1.807) is 57.4 Å². The number of rotatable bonds is 22. The number of methoxy groups -OCH3 is 2. The maximum Gasteiger partial charge on any atom is 0.411 e. The third kappa shape index (κ3) is 14.6. The molecule has 0 radical (unpaired) electrons. The molecule has 4 aromatic rings. The minimum Gasteiger partial charge on any atom is -0.488 e. The van der Waals surface area contributed by atoms with Crippen LogP contribution in [0.25, 0.3) is 0 Å². The van der Waals surface area contributed by atoms with Crippen molar-refractivity contribution in [3.63, 3.8) is 0 Å². The van der Waals surface area contributed by atoms with Gasteiger partial charge in [0.25, 0.3) is 0 Å². The zero-order chi connectivity index (χ0) is 72.2. The fourth-order valence-electron chi connectivity index (χ4n) is 13.1. The minimum absolute atomic E-state index is 0.0355. The molecule has 0 aromatic heterocycles. The van der Waals surface area contributed by atoms with Crippen molar-refractivity contribution in [2.45, 2.75) is 205 Å². The van der Waals surface area contributed by atoms with Crippen LogP contribution in [0.1, 0.15) is 140 Å². The largest absolute Gasteiger partial charge is 0.488 e. The first-order chi connectivity index (χ1) is 45.7. The Balaban J connectivity index is 0.000000229. The van der Waals surface area contributed by atoms with E-state index in [0.717, 1.165) is 23.7 Å². The summed E-state index contributed by atoms with van der Waals surface area (Å²) >= 11 is 0. The third-order valence-corrected chi connectivity index (χ3v) is 28.7. The summed E-state index contributed by atoms with van der Waals surface area (Å²) < 4.78 is 71.1. The molecular formula is C72H96N4O20Si2. The second-order valence-electron chi connectivity index (χ2n) is 30.8. The summed E-state index contributed by atoms with van der Waals surface area (Å²) in [7, 11) is -1.95. The lowest BCUT2D eigenvalue weighted by Gasteiger charge is -2.37. The lowest BCUT2D eigenvalue weighted by Crippen LogP contribution is -2.52. The van der Waals surface area contributed by atoms with E-state index in [9.17, 15) is 38.4 Å². The number of carbonyl (C=O) groups is 8. The van der Waals surface area contributed by atoms with Gasteiger partial charge in [0.05, 0.1) is 69.4 Å². The number of nitrogens with zero attached hydrogens (tertiary/aromatic N) is 4. The second-order valence-corrected chi connectivity index (χ2v) is 40.4. The molecule has 2 unspecified atom stereocenters. The van der Waals surface area contributed by atoms with E-state index >= 15 is 0 Å². The molecule has 0 aliphatic carbocycles. The normalized spacial score (nSPS) is 22.5. The van der Waals surface area contributed by atoms with Crippen LogP contribution in [0, 0.1) is 0 Å². The maximum atomic E-state index is 13.8. The van der Waals surface area contributed by atoms with Crippen LogP contribution in [0.3, 0.4) is 0 Å². The van der Waals surface area contributed by atoms with Crippen molar-refractivity contribution < 1.29 is 94.6 Å². The van der Waals surface area contributed by atoms with Gasteiger partial charge in [0, 0.05) is 43.8 Å². The van der Waals surface area contributed by atoms with Crippen LogP contribution < -0.4 is 28.7 Å². The predicted molar refractivity (Wildman–Crippen MR) is 367 cm³/mol. The standard InChI is InChI=1S/2C36H48N2O10Si/c1-22(40)47-30-24(32(41)43-8)16-26(45-18-23-14-12-11-13-15-23)27-29(30)37-17-25-28(38(25)33(42)48-34(2,3)4)31(37)36(27,19-39)20-44-21-46-49(9,10)35(5,6)7;1-22(40)47-29-24(32(41)43-8)16-25-27(30(29)45-18-23-14-12-11-13-15-23)36(19-39,20-44-21-46-49(9,10)35(5,6)7)31-28-26(17-37(25)31)38(28)33(42)48-34(2,3)4/h11-16,19,25,28,31H,17-18,20-21H2,1-10H3;11-16,19,26,28,31H,17-18,20-21H2,1-10H3/t25-,28-,31?,36-,38?;26-,28-,31?,36-,38?/m00/s1. The maximum absolute atomic E-state index is 13.8. The Kier molecular flexibility index (Phi) is 21.0. The van der Waals surface area contributed by atoms with E-state index in [2.05, 4.69) is 67.7 Å². The molecule has 10 rings (SSSR count). The molecule has 98 heavy (non-hydrogen) atoms. The fraction of sp³-hybridized carbons (Fsp3) is 0.556. The van der Waals surface area contributed by atoms with Gasteiger partial charge in [0.1, 0.15) is 78.3 Å². The van der Waals surface area contributed by atoms with Gasteiger partial charge in [-0.2, -0.15) is 0 Å². The summed E-state index contributed by atoms with van der Waals surface area (Å²) in [5.74, 6) is -2.77. The quantitative estimate of drug-likeness (QED) is 0.0103. The average Bonchev–Trinajstić information content (AvgIpc) is 1.50. The van der Waals surface area contributed by atoms with Gasteiger partial charge in [-0.3, -0.25) is 19.4 Å². The second kappa shape index (κ2) is 27.7. The number of benzene rings is 4. The molecule has 26 heteroatoms. The van der Waals surface area contributed by atoms with E-state index < -0.39 is 98.9 Å². The zero-order valence-corrected chi connectivity index (χ0v) is 62.2. The molecule has 0 N–H and O–H groups in total. The molecule has 0 spiro atoms. The summed E-state index contributed by atoms with van der Waals surface area (Å²) in [5.41, 5.74) is -1.05. The van der Waals surface area contributed by atoms with Gasteiger partial charge in [-0.05, 0) is 101 Å². The van der Waals surface area contributed by atoms with Crippen LogP contribution in [0.15, 0.2) is 72.8 Å². The van der Waals surface area contributed by atoms with Crippen molar-refractivity contribution >= 4 is 76.6 Å². The SMILES string of the molecule is COC(=O)c1cc(OCc2ccccc2)c2c(c1OC(C)=O)N1C[C@H]3[C@@H](C1[C@@]2(C=O)COCO[Si](C)(C)C(C)(C)C)N3C(=O)OC(C)(C)C.COC(=O)c1cc2c(c(OCc3ccccc3)c1OC(C)=O)[C@](C=O)(COCO[Si](C)(C)C(C)(C)C)C1[C@@H]3[C@H](CN21)N3C(=O)OC(C)(C)C. The number of anilines is 2. The van der Waals surface area contributed by atoms with E-state index in [0.29, 0.717) is 29.0 Å². The number of fused-ring (bicyclic) bond motifs is 10. The van der Waals surface area contributed by atoms with Gasteiger partial charge in [-0.1, -0.05) is 102 Å². The van der Waals surface area contributed by atoms with E-state index in [1.807, 2.05) is 70.5 Å². The summed E-state index contributed by atoms with van der Waals surface area (Å²) in [4.78, 5) is 113. The van der Waals surface area contributed by atoms with Crippen molar-refractivity contribution in [3.8, 4) is 23.0 Å². The summed E-state index contributed by atoms with van der Waals surface area (Å²) in [6, 6.07) is 19.2. The molecule has 6 heterocycles. The van der Waals surface area contributed by atoms with Crippen LogP contribution in [0.4, 0.5) is 21.0 Å². The van der Waals surface area contributed by atoms with Gasteiger partial charge in [-0.15, -0.1) is 0 Å². The lowest BCUT2D eigenvalue weighted by atomic mass is 9.76. The van der Waals surface area contributed by atoms with Gasteiger partial charge >= 0.3 is 36.1 Å². The predicted octanol–water partition coefficient (Wildman–Crippen LogP) is 11.2. The van der Waals surface area contributed by atoms with Crippen molar-refractivity contribution in [1.82, 2.24) is 9.80 Å². The molecule has 6 aliphatic heterocycles. The number of amides is 2. The molecule has 24 nitrogen and oxygen atoms in total. The number of carbonyl (C=O) groups excluding carboxylic acids is 8. The molecule has 0 bridgehead atoms. The first kappa shape index (κ1) is 74.3. The Morgan fingerprint density at radius 2 is 0.949 bits per heavy atom. The highest BCUT2D eigenvalue weighted by atomic mass is 28.4. The van der Waals surface area contributed by atoms with Crippen molar-refractivity contribution in [2.24, 2.45) is 0 Å². The van der Waals surface area contributed by atoms with Gasteiger partial charge in [-0.25, -0.2) is 19.2 Å². The topological polar surface area (TPSA) is 260 Å². The smallest absolute Gasteiger partial charge is 0.411 e. The van der Waals surface area contributed by atoms with Crippen LogP contribution in [0.5, 0.6) is 23.0 Å².